The number of aryl methyl sites for hydroxylation is 2. The summed E-state index contributed by atoms with van der Waals surface area (Å²) in [6.45, 7) is 13.0. The van der Waals surface area contributed by atoms with E-state index in [-0.39, 0.29) is 41.8 Å². The first-order valence-corrected chi connectivity index (χ1v) is 26.2. The first-order chi connectivity index (χ1) is 32.7. The summed E-state index contributed by atoms with van der Waals surface area (Å²) >= 11 is 5.24. The number of carbonyl (C=O) groups excluding carboxylic acids is 2. The molecule has 3 aromatic carbocycles. The molecule has 0 bridgehead atoms. The molecule has 6 aromatic rings. The van der Waals surface area contributed by atoms with Crippen molar-refractivity contribution in [3.63, 3.8) is 0 Å². The third-order valence-electron chi connectivity index (χ3n) is 15.3. The summed E-state index contributed by atoms with van der Waals surface area (Å²) in [4.78, 5) is 56.3. The molecular formula is C53H62BrN9O4S. The number of β-amino-alcohol motifs (C(OH)–C–C–N with tert-alkyl or cyclic N) is 1. The zero-order chi connectivity index (χ0) is 47.5. The zero-order valence-electron chi connectivity index (χ0n) is 39.8. The largest absolute Gasteiger partial charge is 0.391 e. The molecule has 15 heteroatoms. The second-order valence-corrected chi connectivity index (χ2v) is 22.5. The van der Waals surface area contributed by atoms with Crippen LogP contribution < -0.4 is 10.9 Å². The quantitative estimate of drug-likeness (QED) is 0.130. The molecule has 4 aliphatic rings. The van der Waals surface area contributed by atoms with Crippen molar-refractivity contribution >= 4 is 50.0 Å². The van der Waals surface area contributed by atoms with Crippen LogP contribution in [0.3, 0.4) is 0 Å². The number of nitrogens with zero attached hydrogens (tertiary/aromatic N) is 8. The number of halogens is 1. The summed E-state index contributed by atoms with van der Waals surface area (Å²) in [7, 11) is 0. The number of aromatic nitrogens is 6. The Labute approximate surface area is 410 Å². The molecule has 2 saturated heterocycles. The number of aliphatic hydroxyl groups excluding tert-OH is 1. The molecule has 0 unspecified atom stereocenters. The second kappa shape index (κ2) is 18.7. The van der Waals surface area contributed by atoms with Gasteiger partial charge in [0, 0.05) is 23.6 Å². The summed E-state index contributed by atoms with van der Waals surface area (Å²) in [5, 5.41) is 23.6. The average Bonchev–Trinajstić information content (AvgIpc) is 4.12. The van der Waals surface area contributed by atoms with Crippen LogP contribution in [-0.4, -0.2) is 94.6 Å². The third kappa shape index (κ3) is 8.66. The fourth-order valence-electron chi connectivity index (χ4n) is 11.7. The molecule has 3 aromatic heterocycles. The molecule has 10 rings (SSSR count). The summed E-state index contributed by atoms with van der Waals surface area (Å²) < 4.78 is 4.73. The van der Waals surface area contributed by atoms with E-state index >= 15 is 0 Å². The Morgan fingerprint density at radius 3 is 2.51 bits per heavy atom. The van der Waals surface area contributed by atoms with Crippen LogP contribution in [0.1, 0.15) is 137 Å². The molecule has 4 atom stereocenters. The van der Waals surface area contributed by atoms with Crippen molar-refractivity contribution in [3.8, 4) is 16.1 Å². The van der Waals surface area contributed by atoms with Gasteiger partial charge in [-0.3, -0.25) is 19.0 Å². The first-order valence-electron chi connectivity index (χ1n) is 24.5. The number of amides is 2. The monoisotopic (exact) mass is 999 g/mol. The molecule has 2 amide bonds. The van der Waals surface area contributed by atoms with E-state index in [1.165, 1.54) is 23.2 Å². The molecule has 3 fully saturated rings. The van der Waals surface area contributed by atoms with Crippen molar-refractivity contribution in [2.24, 2.45) is 5.41 Å². The SMILES string of the molecule is Cc1ncsc1-c1ccc([C@H](C)NC(=O)[C@@H]2C[C@@H](O)CN2C(=O)[C@@H](n2cc(CCCN3CCC(c4ccc5c(c4)C4(CCCCC4)c4nc(=O)c6c(Br)cccc6n4-5)CC3)nn2)C(C)(C)C)cc1. The van der Waals surface area contributed by atoms with Crippen molar-refractivity contribution < 1.29 is 14.7 Å². The molecule has 68 heavy (non-hydrogen) atoms. The summed E-state index contributed by atoms with van der Waals surface area (Å²) in [6, 6.07) is 19.4. The highest BCUT2D eigenvalue weighted by molar-refractivity contribution is 9.10. The summed E-state index contributed by atoms with van der Waals surface area (Å²) in [5.41, 5.74) is 9.59. The standard InChI is InChI=1S/C53H62BrN9O4S/c1-32(34-14-16-36(17-15-34)46-33(2)55-31-68-46)56-48(65)44-28-39(64)30-61(44)50(67)47(52(3,4)5)62-29-38(58-59-62)11-10-24-60-25-20-35(21-26-60)37-18-19-42-40(27-37)53(22-7-6-8-23-53)51-57-49(66)45-41(54)12-9-13-43(45)63(42)51/h9,12-19,27,29,31-32,35,39,44,47,64H,6-8,10-11,20-26,28,30H2,1-5H3,(H,56,65)/t32-,39+,44-,47+/m0/s1. The van der Waals surface area contributed by atoms with E-state index in [4.69, 9.17) is 4.98 Å². The summed E-state index contributed by atoms with van der Waals surface area (Å²) in [6.07, 6.45) is 10.6. The number of aliphatic hydroxyl groups is 1. The van der Waals surface area contributed by atoms with Crippen molar-refractivity contribution in [2.45, 2.75) is 134 Å². The Bertz CT molecular complexity index is 2910. The zero-order valence-corrected chi connectivity index (χ0v) is 42.2. The maximum Gasteiger partial charge on any atom is 0.281 e. The van der Waals surface area contributed by atoms with Crippen LogP contribution in [0.4, 0.5) is 0 Å². The average molecular weight is 1000 g/mol. The smallest absolute Gasteiger partial charge is 0.281 e. The number of piperidine rings is 1. The van der Waals surface area contributed by atoms with Gasteiger partial charge in [-0.25, -0.2) is 9.67 Å². The number of nitrogens with one attached hydrogen (secondary N) is 1. The van der Waals surface area contributed by atoms with Crippen LogP contribution in [0.5, 0.6) is 0 Å². The van der Waals surface area contributed by atoms with E-state index in [1.54, 1.807) is 20.9 Å². The molecule has 1 spiro atoms. The van der Waals surface area contributed by atoms with Crippen LogP contribution in [0.15, 0.2) is 81.6 Å². The van der Waals surface area contributed by atoms with Crippen LogP contribution in [0.25, 0.3) is 27.0 Å². The Balaban J connectivity index is 0.759. The Morgan fingerprint density at radius 2 is 1.79 bits per heavy atom. The van der Waals surface area contributed by atoms with Gasteiger partial charge in [-0.15, -0.1) is 16.4 Å². The molecule has 0 radical (unpaired) electrons. The minimum absolute atomic E-state index is 0.0795. The lowest BCUT2D eigenvalue weighted by Crippen LogP contribution is -2.50. The highest BCUT2D eigenvalue weighted by atomic mass is 79.9. The molecule has 3 aliphatic heterocycles. The number of likely N-dealkylation sites (tertiary alicyclic amines) is 2. The maximum absolute atomic E-state index is 14.5. The molecule has 13 nitrogen and oxygen atoms in total. The maximum atomic E-state index is 14.5. The second-order valence-electron chi connectivity index (χ2n) is 20.8. The number of benzene rings is 3. The molecule has 6 heterocycles. The van der Waals surface area contributed by atoms with E-state index in [0.29, 0.717) is 11.3 Å². The van der Waals surface area contributed by atoms with Gasteiger partial charge in [0.15, 0.2) is 0 Å². The Kier molecular flexibility index (Phi) is 12.8. The fraction of sp³-hybridized carbons (Fsp3) is 0.491. The first kappa shape index (κ1) is 46.6. The van der Waals surface area contributed by atoms with E-state index in [9.17, 15) is 19.5 Å². The molecular weight excluding hydrogens is 939 g/mol. The number of hydrogen-bond acceptors (Lipinski definition) is 10. The van der Waals surface area contributed by atoms with Gasteiger partial charge in [0.2, 0.25) is 11.8 Å². The molecule has 2 N–H and O–H groups in total. The van der Waals surface area contributed by atoms with E-state index < -0.39 is 23.6 Å². The Morgan fingerprint density at radius 1 is 1.03 bits per heavy atom. The lowest BCUT2D eigenvalue weighted by Gasteiger charge is -2.35. The highest BCUT2D eigenvalue weighted by Gasteiger charge is 2.48. The van der Waals surface area contributed by atoms with Gasteiger partial charge < -0.3 is 20.2 Å². The minimum Gasteiger partial charge on any atom is -0.391 e. The minimum atomic E-state index is -0.808. The Hall–Kier alpha value is -5.09. The summed E-state index contributed by atoms with van der Waals surface area (Å²) in [5.74, 6) is 0.850. The lowest BCUT2D eigenvalue weighted by molar-refractivity contribution is -0.144. The normalized spacial score (nSPS) is 20.4. The van der Waals surface area contributed by atoms with Crippen LogP contribution in [0.2, 0.25) is 0 Å². The van der Waals surface area contributed by atoms with Crippen LogP contribution in [0, 0.1) is 12.3 Å². The van der Waals surface area contributed by atoms with Crippen molar-refractivity contribution in [3.05, 3.63) is 121 Å². The highest BCUT2D eigenvalue weighted by Crippen LogP contribution is 2.52. The molecule has 1 saturated carbocycles. The van der Waals surface area contributed by atoms with Crippen molar-refractivity contribution in [2.75, 3.05) is 26.2 Å². The van der Waals surface area contributed by atoms with Crippen molar-refractivity contribution in [1.29, 1.82) is 0 Å². The van der Waals surface area contributed by atoms with Crippen LogP contribution in [-0.2, 0) is 21.4 Å². The van der Waals surface area contributed by atoms with Gasteiger partial charge in [0.05, 0.1) is 55.9 Å². The number of rotatable bonds is 11. The fourth-order valence-corrected chi connectivity index (χ4v) is 13.0. The number of carbonyl (C=O) groups is 2. The number of hydrogen-bond donors (Lipinski definition) is 2. The van der Waals surface area contributed by atoms with E-state index in [0.717, 1.165) is 114 Å². The van der Waals surface area contributed by atoms with Gasteiger partial charge in [0.1, 0.15) is 17.9 Å². The predicted octanol–water partition coefficient (Wildman–Crippen LogP) is 8.97. The topological polar surface area (TPSA) is 151 Å². The predicted molar refractivity (Wildman–Crippen MR) is 269 cm³/mol. The molecule has 356 valence electrons. The molecule has 1 aliphatic carbocycles. The van der Waals surface area contributed by atoms with Crippen molar-refractivity contribution in [1.82, 2.24) is 44.6 Å². The van der Waals surface area contributed by atoms with Crippen LogP contribution >= 0.6 is 27.3 Å². The number of fused-ring (bicyclic) bond motifs is 7. The van der Waals surface area contributed by atoms with E-state index in [1.807, 2.05) is 82.7 Å². The van der Waals surface area contributed by atoms with Gasteiger partial charge in [-0.2, -0.15) is 4.98 Å². The van der Waals surface area contributed by atoms with Gasteiger partial charge in [0.25, 0.3) is 5.56 Å². The van der Waals surface area contributed by atoms with Gasteiger partial charge in [-0.1, -0.05) is 87.7 Å². The van der Waals surface area contributed by atoms with Gasteiger partial charge >= 0.3 is 0 Å². The van der Waals surface area contributed by atoms with Gasteiger partial charge in [-0.05, 0) is 140 Å². The van der Waals surface area contributed by atoms with E-state index in [2.05, 4.69) is 70.3 Å². The number of thiazole rings is 1. The lowest BCUT2D eigenvalue weighted by atomic mass is 9.69. The third-order valence-corrected chi connectivity index (χ3v) is 16.9.